The molecule has 2 heteroatoms. The molecule has 19 heavy (non-hydrogen) atoms. The third kappa shape index (κ3) is 6.74. The fraction of sp³-hybridized carbons (Fsp3) is 0.647. The molecule has 0 spiro atoms. The van der Waals surface area contributed by atoms with Crippen LogP contribution in [0.5, 0.6) is 0 Å². The van der Waals surface area contributed by atoms with E-state index in [9.17, 15) is 0 Å². The molecule has 0 bridgehead atoms. The van der Waals surface area contributed by atoms with E-state index >= 15 is 0 Å². The SMILES string of the molecule is CCCCN(C)Cc1ccccc1CNCC(C)C. The summed E-state index contributed by atoms with van der Waals surface area (Å²) in [6.07, 6.45) is 2.55. The van der Waals surface area contributed by atoms with Crippen molar-refractivity contribution >= 4 is 0 Å². The Labute approximate surface area is 119 Å². The van der Waals surface area contributed by atoms with E-state index in [0.29, 0.717) is 5.92 Å². The van der Waals surface area contributed by atoms with E-state index in [1.807, 2.05) is 0 Å². The van der Waals surface area contributed by atoms with Crippen molar-refractivity contribution in [1.82, 2.24) is 10.2 Å². The number of nitrogens with one attached hydrogen (secondary N) is 1. The molecule has 0 aliphatic heterocycles. The van der Waals surface area contributed by atoms with E-state index in [2.05, 4.69) is 62.3 Å². The lowest BCUT2D eigenvalue weighted by Crippen LogP contribution is -2.23. The summed E-state index contributed by atoms with van der Waals surface area (Å²) in [5.41, 5.74) is 2.89. The number of hydrogen-bond acceptors (Lipinski definition) is 2. The van der Waals surface area contributed by atoms with Gasteiger partial charge in [-0.25, -0.2) is 0 Å². The van der Waals surface area contributed by atoms with E-state index in [-0.39, 0.29) is 0 Å². The fourth-order valence-corrected chi connectivity index (χ4v) is 2.18. The molecule has 0 saturated carbocycles. The number of nitrogens with zero attached hydrogens (tertiary/aromatic N) is 1. The van der Waals surface area contributed by atoms with E-state index < -0.39 is 0 Å². The van der Waals surface area contributed by atoms with Gasteiger partial charge in [-0.05, 0) is 43.6 Å². The Morgan fingerprint density at radius 2 is 1.84 bits per heavy atom. The monoisotopic (exact) mass is 262 g/mol. The van der Waals surface area contributed by atoms with Crippen LogP contribution in [0.2, 0.25) is 0 Å². The minimum atomic E-state index is 0.708. The maximum Gasteiger partial charge on any atom is 0.0233 e. The van der Waals surface area contributed by atoms with E-state index in [4.69, 9.17) is 0 Å². The van der Waals surface area contributed by atoms with Crippen LogP contribution in [0.4, 0.5) is 0 Å². The van der Waals surface area contributed by atoms with Crippen LogP contribution in [0, 0.1) is 5.92 Å². The minimum Gasteiger partial charge on any atom is -0.312 e. The summed E-state index contributed by atoms with van der Waals surface area (Å²) < 4.78 is 0. The summed E-state index contributed by atoms with van der Waals surface area (Å²) >= 11 is 0. The van der Waals surface area contributed by atoms with Gasteiger partial charge in [-0.15, -0.1) is 0 Å². The lowest BCUT2D eigenvalue weighted by atomic mass is 10.1. The molecule has 1 aromatic carbocycles. The van der Waals surface area contributed by atoms with Gasteiger partial charge < -0.3 is 10.2 Å². The lowest BCUT2D eigenvalue weighted by Gasteiger charge is -2.19. The Morgan fingerprint density at radius 1 is 1.16 bits per heavy atom. The van der Waals surface area contributed by atoms with Crippen LogP contribution in [-0.4, -0.2) is 25.0 Å². The van der Waals surface area contributed by atoms with Crippen molar-refractivity contribution in [3.8, 4) is 0 Å². The van der Waals surface area contributed by atoms with E-state index in [1.165, 1.54) is 30.5 Å². The Morgan fingerprint density at radius 3 is 2.47 bits per heavy atom. The second-order valence-electron chi connectivity index (χ2n) is 5.88. The van der Waals surface area contributed by atoms with Crippen molar-refractivity contribution in [3.63, 3.8) is 0 Å². The average Bonchev–Trinajstić information content (AvgIpc) is 2.38. The van der Waals surface area contributed by atoms with Crippen LogP contribution in [0.3, 0.4) is 0 Å². The minimum absolute atomic E-state index is 0.708. The zero-order valence-electron chi connectivity index (χ0n) is 13.1. The number of benzene rings is 1. The summed E-state index contributed by atoms with van der Waals surface area (Å²) in [4.78, 5) is 2.42. The molecule has 0 heterocycles. The molecule has 0 aliphatic carbocycles. The highest BCUT2D eigenvalue weighted by atomic mass is 15.1. The largest absolute Gasteiger partial charge is 0.312 e. The molecule has 0 unspecified atom stereocenters. The molecule has 108 valence electrons. The maximum atomic E-state index is 3.54. The quantitative estimate of drug-likeness (QED) is 0.730. The summed E-state index contributed by atoms with van der Waals surface area (Å²) in [6, 6.07) is 8.79. The second kappa shape index (κ2) is 9.11. The fourth-order valence-electron chi connectivity index (χ4n) is 2.18. The molecule has 1 rings (SSSR count). The Hall–Kier alpha value is -0.860. The molecule has 2 nitrogen and oxygen atoms in total. The summed E-state index contributed by atoms with van der Waals surface area (Å²) in [6.45, 7) is 11.0. The number of hydrogen-bond donors (Lipinski definition) is 1. The first-order valence-corrected chi connectivity index (χ1v) is 7.59. The van der Waals surface area contributed by atoms with Gasteiger partial charge in [0, 0.05) is 13.1 Å². The number of rotatable bonds is 9. The first-order valence-electron chi connectivity index (χ1n) is 7.59. The lowest BCUT2D eigenvalue weighted by molar-refractivity contribution is 0.319. The van der Waals surface area contributed by atoms with Crippen molar-refractivity contribution < 1.29 is 0 Å². The molecule has 1 N–H and O–H groups in total. The van der Waals surface area contributed by atoms with Crippen LogP contribution in [-0.2, 0) is 13.1 Å². The summed E-state index contributed by atoms with van der Waals surface area (Å²) in [5.74, 6) is 0.708. The van der Waals surface area contributed by atoms with Crippen molar-refractivity contribution in [1.29, 1.82) is 0 Å². The van der Waals surface area contributed by atoms with Gasteiger partial charge in [-0.2, -0.15) is 0 Å². The highest BCUT2D eigenvalue weighted by Crippen LogP contribution is 2.11. The summed E-state index contributed by atoms with van der Waals surface area (Å²) in [7, 11) is 2.22. The van der Waals surface area contributed by atoms with Crippen LogP contribution < -0.4 is 5.32 Å². The van der Waals surface area contributed by atoms with Gasteiger partial charge in [0.25, 0.3) is 0 Å². The van der Waals surface area contributed by atoms with Gasteiger partial charge >= 0.3 is 0 Å². The first-order chi connectivity index (χ1) is 9.13. The van der Waals surface area contributed by atoms with Crippen LogP contribution in [0.15, 0.2) is 24.3 Å². The molecule has 0 saturated heterocycles. The molecular formula is C17H30N2. The van der Waals surface area contributed by atoms with Crippen LogP contribution >= 0.6 is 0 Å². The van der Waals surface area contributed by atoms with Crippen LogP contribution in [0.1, 0.15) is 44.7 Å². The van der Waals surface area contributed by atoms with Crippen molar-refractivity contribution in [3.05, 3.63) is 35.4 Å². The zero-order valence-corrected chi connectivity index (χ0v) is 13.1. The average molecular weight is 262 g/mol. The van der Waals surface area contributed by atoms with Crippen molar-refractivity contribution in [2.75, 3.05) is 20.1 Å². The molecule has 0 fully saturated rings. The third-order valence-electron chi connectivity index (χ3n) is 3.32. The normalized spacial score (nSPS) is 11.5. The van der Waals surface area contributed by atoms with Gasteiger partial charge in [0.1, 0.15) is 0 Å². The van der Waals surface area contributed by atoms with Crippen LogP contribution in [0.25, 0.3) is 0 Å². The summed E-state index contributed by atoms with van der Waals surface area (Å²) in [5, 5.41) is 3.54. The second-order valence-corrected chi connectivity index (χ2v) is 5.88. The van der Waals surface area contributed by atoms with Crippen molar-refractivity contribution in [2.24, 2.45) is 5.92 Å². The van der Waals surface area contributed by atoms with Gasteiger partial charge in [0.2, 0.25) is 0 Å². The van der Waals surface area contributed by atoms with Crippen molar-refractivity contribution in [2.45, 2.75) is 46.7 Å². The highest BCUT2D eigenvalue weighted by molar-refractivity contribution is 5.26. The smallest absolute Gasteiger partial charge is 0.0233 e. The third-order valence-corrected chi connectivity index (χ3v) is 3.32. The molecule has 0 amide bonds. The molecule has 0 radical (unpaired) electrons. The first kappa shape index (κ1) is 16.2. The topological polar surface area (TPSA) is 15.3 Å². The van der Waals surface area contributed by atoms with E-state index in [1.54, 1.807) is 0 Å². The number of unbranched alkanes of at least 4 members (excludes halogenated alkanes) is 1. The highest BCUT2D eigenvalue weighted by Gasteiger charge is 2.05. The Bertz CT molecular complexity index is 347. The molecule has 0 aliphatic rings. The Balaban J connectivity index is 2.52. The van der Waals surface area contributed by atoms with Gasteiger partial charge in [0.15, 0.2) is 0 Å². The Kier molecular flexibility index (Phi) is 7.76. The predicted octanol–water partition coefficient (Wildman–Crippen LogP) is 3.66. The molecular weight excluding hydrogens is 232 g/mol. The molecule has 1 aromatic rings. The zero-order chi connectivity index (χ0) is 14.1. The molecule has 0 atom stereocenters. The van der Waals surface area contributed by atoms with Gasteiger partial charge in [-0.1, -0.05) is 51.5 Å². The van der Waals surface area contributed by atoms with E-state index in [0.717, 1.165) is 19.6 Å². The van der Waals surface area contributed by atoms with Gasteiger partial charge in [-0.3, -0.25) is 0 Å². The predicted molar refractivity (Wildman–Crippen MR) is 84.2 cm³/mol. The van der Waals surface area contributed by atoms with Gasteiger partial charge in [0.05, 0.1) is 0 Å². The maximum absolute atomic E-state index is 3.54. The molecule has 0 aromatic heterocycles. The standard InChI is InChI=1S/C17H30N2/c1-5-6-11-19(4)14-17-10-8-7-9-16(17)13-18-12-15(2)3/h7-10,15,18H,5-6,11-14H2,1-4H3.